The molecule has 20 heavy (non-hydrogen) atoms. The summed E-state index contributed by atoms with van der Waals surface area (Å²) in [7, 11) is 2.14. The lowest BCUT2D eigenvalue weighted by Gasteiger charge is -2.30. The van der Waals surface area contributed by atoms with Gasteiger partial charge in [-0.3, -0.25) is 0 Å². The van der Waals surface area contributed by atoms with Crippen LogP contribution in [0.15, 0.2) is 24.3 Å². The number of aryl methyl sites for hydroxylation is 1. The largest absolute Gasteiger partial charge is 0.313 e. The molecule has 0 heterocycles. The molecule has 1 N–H and O–H groups in total. The van der Waals surface area contributed by atoms with Crippen molar-refractivity contribution in [3.63, 3.8) is 0 Å². The Morgan fingerprint density at radius 2 is 1.95 bits per heavy atom. The van der Waals surface area contributed by atoms with Crippen LogP contribution in [0.2, 0.25) is 0 Å². The highest BCUT2D eigenvalue weighted by atomic mass is 14.9. The van der Waals surface area contributed by atoms with Crippen molar-refractivity contribution in [1.82, 2.24) is 5.32 Å². The molecule has 1 heteroatoms. The van der Waals surface area contributed by atoms with E-state index < -0.39 is 0 Å². The standard InChI is InChI=1S/C19H29N/c1-3-4-5-14-6-9-16(10-7-14)19(20-2)18-13-15-8-11-17(18)12-15/h6-7,9-10,15,17-20H,3-5,8,11-13H2,1-2H3. The van der Waals surface area contributed by atoms with Gasteiger partial charge >= 0.3 is 0 Å². The van der Waals surface area contributed by atoms with Crippen LogP contribution in [0.25, 0.3) is 0 Å². The molecule has 0 amide bonds. The van der Waals surface area contributed by atoms with Gasteiger partial charge in [0.1, 0.15) is 0 Å². The van der Waals surface area contributed by atoms with Gasteiger partial charge in [-0.25, -0.2) is 0 Å². The zero-order valence-electron chi connectivity index (χ0n) is 13.1. The summed E-state index contributed by atoms with van der Waals surface area (Å²) in [6.07, 6.45) is 9.74. The molecule has 4 atom stereocenters. The summed E-state index contributed by atoms with van der Waals surface area (Å²) in [5.41, 5.74) is 3.00. The van der Waals surface area contributed by atoms with E-state index >= 15 is 0 Å². The minimum absolute atomic E-state index is 0.575. The Bertz CT molecular complexity index is 422. The van der Waals surface area contributed by atoms with Gasteiger partial charge in [-0.2, -0.15) is 0 Å². The van der Waals surface area contributed by atoms with Gasteiger partial charge in [0.15, 0.2) is 0 Å². The van der Waals surface area contributed by atoms with Crippen LogP contribution in [0.5, 0.6) is 0 Å². The molecule has 4 unspecified atom stereocenters. The molecule has 2 fully saturated rings. The zero-order valence-corrected chi connectivity index (χ0v) is 13.1. The van der Waals surface area contributed by atoms with E-state index in [1.54, 1.807) is 0 Å². The topological polar surface area (TPSA) is 12.0 Å². The third-order valence-corrected chi connectivity index (χ3v) is 5.69. The Morgan fingerprint density at radius 3 is 2.50 bits per heavy atom. The van der Waals surface area contributed by atoms with Crippen molar-refractivity contribution < 1.29 is 0 Å². The average molecular weight is 271 g/mol. The summed E-state index contributed by atoms with van der Waals surface area (Å²) in [5, 5.41) is 3.61. The van der Waals surface area contributed by atoms with Gasteiger partial charge in [-0.15, -0.1) is 0 Å². The highest BCUT2D eigenvalue weighted by molar-refractivity contribution is 5.26. The van der Waals surface area contributed by atoms with E-state index in [2.05, 4.69) is 43.6 Å². The number of hydrogen-bond acceptors (Lipinski definition) is 1. The first-order chi connectivity index (χ1) is 9.81. The Morgan fingerprint density at radius 1 is 1.15 bits per heavy atom. The zero-order chi connectivity index (χ0) is 13.9. The summed E-state index contributed by atoms with van der Waals surface area (Å²) in [6.45, 7) is 2.26. The quantitative estimate of drug-likeness (QED) is 0.789. The maximum absolute atomic E-state index is 3.61. The van der Waals surface area contributed by atoms with Gasteiger partial charge in [0.05, 0.1) is 0 Å². The van der Waals surface area contributed by atoms with Crippen LogP contribution in [0.3, 0.4) is 0 Å². The fourth-order valence-corrected chi connectivity index (χ4v) is 4.60. The molecule has 0 spiro atoms. The maximum atomic E-state index is 3.61. The molecule has 1 aromatic carbocycles. The van der Waals surface area contributed by atoms with Crippen molar-refractivity contribution in [2.75, 3.05) is 7.05 Å². The number of benzene rings is 1. The third kappa shape index (κ3) is 2.79. The van der Waals surface area contributed by atoms with Gasteiger partial charge in [-0.05, 0) is 68.0 Å². The third-order valence-electron chi connectivity index (χ3n) is 5.69. The number of nitrogens with one attached hydrogen (secondary N) is 1. The Kier molecular flexibility index (Phi) is 4.45. The summed E-state index contributed by atoms with van der Waals surface area (Å²) < 4.78 is 0. The van der Waals surface area contributed by atoms with Gasteiger partial charge in [0, 0.05) is 6.04 Å². The first-order valence-corrected chi connectivity index (χ1v) is 8.58. The fourth-order valence-electron chi connectivity index (χ4n) is 4.60. The average Bonchev–Trinajstić information content (AvgIpc) is 3.10. The Hall–Kier alpha value is -0.820. The summed E-state index contributed by atoms with van der Waals surface area (Å²) in [4.78, 5) is 0. The monoisotopic (exact) mass is 271 g/mol. The van der Waals surface area contributed by atoms with E-state index in [1.165, 1.54) is 56.1 Å². The maximum Gasteiger partial charge on any atom is 0.0348 e. The number of hydrogen-bond donors (Lipinski definition) is 1. The molecule has 1 aromatic rings. The molecule has 2 bridgehead atoms. The molecule has 0 aromatic heterocycles. The van der Waals surface area contributed by atoms with Gasteiger partial charge in [0.25, 0.3) is 0 Å². The molecule has 2 aliphatic carbocycles. The molecule has 1 nitrogen and oxygen atoms in total. The van der Waals surface area contributed by atoms with Crippen molar-refractivity contribution in [2.24, 2.45) is 17.8 Å². The lowest BCUT2D eigenvalue weighted by molar-refractivity contribution is 0.259. The van der Waals surface area contributed by atoms with Gasteiger partial charge < -0.3 is 5.32 Å². The highest BCUT2D eigenvalue weighted by Gasteiger charge is 2.42. The number of rotatable bonds is 6. The van der Waals surface area contributed by atoms with E-state index in [0.717, 1.165) is 17.8 Å². The van der Waals surface area contributed by atoms with Crippen molar-refractivity contribution in [3.05, 3.63) is 35.4 Å². The first kappa shape index (κ1) is 14.1. The second-order valence-corrected chi connectivity index (χ2v) is 6.95. The summed E-state index contributed by atoms with van der Waals surface area (Å²) in [5.74, 6) is 2.89. The molecule has 0 radical (unpaired) electrons. The molecule has 0 saturated heterocycles. The van der Waals surface area contributed by atoms with Crippen molar-refractivity contribution in [1.29, 1.82) is 0 Å². The second-order valence-electron chi connectivity index (χ2n) is 6.95. The van der Waals surface area contributed by atoms with Crippen LogP contribution in [-0.2, 0) is 6.42 Å². The van der Waals surface area contributed by atoms with Gasteiger partial charge in [0.2, 0.25) is 0 Å². The predicted molar refractivity (Wildman–Crippen MR) is 85.8 cm³/mol. The summed E-state index contributed by atoms with van der Waals surface area (Å²) >= 11 is 0. The number of fused-ring (bicyclic) bond motifs is 2. The van der Waals surface area contributed by atoms with E-state index in [0.29, 0.717) is 6.04 Å². The highest BCUT2D eigenvalue weighted by Crippen LogP contribution is 2.52. The van der Waals surface area contributed by atoms with E-state index in [1.807, 2.05) is 0 Å². The molecule has 2 saturated carbocycles. The van der Waals surface area contributed by atoms with E-state index in [9.17, 15) is 0 Å². The second kappa shape index (κ2) is 6.30. The minimum Gasteiger partial charge on any atom is -0.313 e. The first-order valence-electron chi connectivity index (χ1n) is 8.58. The van der Waals surface area contributed by atoms with E-state index in [-0.39, 0.29) is 0 Å². The summed E-state index contributed by atoms with van der Waals surface area (Å²) in [6, 6.07) is 10.0. The van der Waals surface area contributed by atoms with Crippen molar-refractivity contribution >= 4 is 0 Å². The molecular formula is C19H29N. The van der Waals surface area contributed by atoms with E-state index in [4.69, 9.17) is 0 Å². The molecule has 0 aliphatic heterocycles. The normalized spacial score (nSPS) is 29.8. The lowest BCUT2D eigenvalue weighted by atomic mass is 9.80. The Balaban J connectivity index is 1.69. The lowest BCUT2D eigenvalue weighted by Crippen LogP contribution is -2.28. The van der Waals surface area contributed by atoms with Crippen molar-refractivity contribution in [3.8, 4) is 0 Å². The minimum atomic E-state index is 0.575. The molecule has 110 valence electrons. The van der Waals surface area contributed by atoms with Crippen LogP contribution in [0, 0.1) is 17.8 Å². The van der Waals surface area contributed by atoms with Crippen molar-refractivity contribution in [2.45, 2.75) is 57.9 Å². The SMILES string of the molecule is CCCCc1ccc(C(NC)C2CC3CCC2C3)cc1. The van der Waals surface area contributed by atoms with Crippen LogP contribution in [0.1, 0.15) is 62.6 Å². The molecule has 2 aliphatic rings. The van der Waals surface area contributed by atoms with Crippen LogP contribution >= 0.6 is 0 Å². The fraction of sp³-hybridized carbons (Fsp3) is 0.684. The van der Waals surface area contributed by atoms with Crippen LogP contribution in [0.4, 0.5) is 0 Å². The van der Waals surface area contributed by atoms with Crippen LogP contribution in [-0.4, -0.2) is 7.05 Å². The molecule has 3 rings (SSSR count). The molecular weight excluding hydrogens is 242 g/mol. The predicted octanol–water partition coefficient (Wildman–Crippen LogP) is 4.73. The number of unbranched alkanes of at least 4 members (excludes halogenated alkanes) is 1. The smallest absolute Gasteiger partial charge is 0.0348 e. The van der Waals surface area contributed by atoms with Gasteiger partial charge in [-0.1, -0.05) is 44.0 Å². The Labute approximate surface area is 124 Å². The van der Waals surface area contributed by atoms with Crippen LogP contribution < -0.4 is 5.32 Å².